The molecule has 3 rings (SSSR count). The van der Waals surface area contributed by atoms with Crippen molar-refractivity contribution in [3.05, 3.63) is 86.1 Å². The average Bonchev–Trinajstić information content (AvgIpc) is 3.08. The van der Waals surface area contributed by atoms with E-state index in [9.17, 15) is 15.4 Å². The lowest BCUT2D eigenvalue weighted by molar-refractivity contribution is -0.384. The molecule has 0 aliphatic heterocycles. The zero-order valence-electron chi connectivity index (χ0n) is 13.1. The molecule has 0 saturated heterocycles. The molecule has 7 heteroatoms. The van der Waals surface area contributed by atoms with Crippen molar-refractivity contribution in [2.75, 3.05) is 0 Å². The van der Waals surface area contributed by atoms with Gasteiger partial charge in [-0.2, -0.15) is 5.26 Å². The highest BCUT2D eigenvalue weighted by atomic mass is 35.5. The molecule has 1 aromatic heterocycles. The summed E-state index contributed by atoms with van der Waals surface area (Å²) in [5.74, 6) is 1.000. The highest BCUT2D eigenvalue weighted by molar-refractivity contribution is 6.36. The van der Waals surface area contributed by atoms with Gasteiger partial charge in [-0.25, -0.2) is 0 Å². The molecule has 1 heterocycles. The molecule has 0 saturated carbocycles. The Morgan fingerprint density at radius 3 is 2.46 bits per heavy atom. The molecular formula is C19H10Cl2N2O3. The van der Waals surface area contributed by atoms with Crippen molar-refractivity contribution in [2.45, 2.75) is 0 Å². The SMILES string of the molecule is N#C/C(=C\c1ccc(-c2ccc(Cl)cc2Cl)o1)c1ccc([N+](=O)[O-])cc1. The van der Waals surface area contributed by atoms with Crippen molar-refractivity contribution in [2.24, 2.45) is 0 Å². The first-order valence-electron chi connectivity index (χ1n) is 7.40. The van der Waals surface area contributed by atoms with Crippen LogP contribution in [0.1, 0.15) is 11.3 Å². The summed E-state index contributed by atoms with van der Waals surface area (Å²) in [6.45, 7) is 0. The summed E-state index contributed by atoms with van der Waals surface area (Å²) in [4.78, 5) is 10.2. The lowest BCUT2D eigenvalue weighted by Gasteiger charge is -2.01. The number of rotatable bonds is 4. The monoisotopic (exact) mass is 384 g/mol. The van der Waals surface area contributed by atoms with Crippen molar-refractivity contribution < 1.29 is 9.34 Å². The fraction of sp³-hybridized carbons (Fsp3) is 0. The highest BCUT2D eigenvalue weighted by Gasteiger charge is 2.11. The molecule has 0 aliphatic carbocycles. The van der Waals surface area contributed by atoms with Crippen LogP contribution in [0.3, 0.4) is 0 Å². The van der Waals surface area contributed by atoms with Gasteiger partial charge in [0.1, 0.15) is 11.5 Å². The largest absolute Gasteiger partial charge is 0.457 e. The van der Waals surface area contributed by atoms with Crippen LogP contribution in [0.2, 0.25) is 10.0 Å². The van der Waals surface area contributed by atoms with Gasteiger partial charge in [0.25, 0.3) is 5.69 Å². The fourth-order valence-electron chi connectivity index (χ4n) is 2.35. The van der Waals surface area contributed by atoms with Crippen molar-refractivity contribution >= 4 is 40.5 Å². The van der Waals surface area contributed by atoms with Crippen molar-refractivity contribution in [1.82, 2.24) is 0 Å². The Morgan fingerprint density at radius 1 is 1.12 bits per heavy atom. The van der Waals surface area contributed by atoms with E-state index >= 15 is 0 Å². The summed E-state index contributed by atoms with van der Waals surface area (Å²) in [6.07, 6.45) is 1.56. The van der Waals surface area contributed by atoms with Crippen molar-refractivity contribution in [1.29, 1.82) is 5.26 Å². The summed E-state index contributed by atoms with van der Waals surface area (Å²) in [7, 11) is 0. The predicted octanol–water partition coefficient (Wildman–Crippen LogP) is 6.23. The predicted molar refractivity (Wildman–Crippen MR) is 101 cm³/mol. The Labute approximate surface area is 158 Å². The third kappa shape index (κ3) is 3.77. The number of nitro groups is 1. The quantitative estimate of drug-likeness (QED) is 0.303. The average molecular weight is 385 g/mol. The maximum absolute atomic E-state index is 10.7. The molecule has 0 atom stereocenters. The van der Waals surface area contributed by atoms with E-state index in [2.05, 4.69) is 6.07 Å². The number of nitrogens with zero attached hydrogens (tertiary/aromatic N) is 2. The molecule has 0 amide bonds. The molecule has 0 spiro atoms. The van der Waals surface area contributed by atoms with Crippen LogP contribution >= 0.6 is 23.2 Å². The molecule has 0 unspecified atom stereocenters. The van der Waals surface area contributed by atoms with Gasteiger partial charge in [0.05, 0.1) is 21.6 Å². The highest BCUT2D eigenvalue weighted by Crippen LogP contribution is 2.32. The fourth-order valence-corrected chi connectivity index (χ4v) is 2.85. The second kappa shape index (κ2) is 7.44. The van der Waals surface area contributed by atoms with Gasteiger partial charge in [0.2, 0.25) is 0 Å². The third-order valence-corrected chi connectivity index (χ3v) is 4.17. The normalized spacial score (nSPS) is 11.2. The van der Waals surface area contributed by atoms with Crippen molar-refractivity contribution in [3.8, 4) is 17.4 Å². The van der Waals surface area contributed by atoms with E-state index in [1.54, 1.807) is 36.4 Å². The van der Waals surface area contributed by atoms with Crippen LogP contribution < -0.4 is 0 Å². The first kappa shape index (κ1) is 17.7. The molecule has 26 heavy (non-hydrogen) atoms. The summed E-state index contributed by atoms with van der Waals surface area (Å²) in [5, 5.41) is 21.1. The topological polar surface area (TPSA) is 80.1 Å². The minimum absolute atomic E-state index is 0.0382. The number of furan rings is 1. The van der Waals surface area contributed by atoms with E-state index in [0.29, 0.717) is 38.3 Å². The minimum atomic E-state index is -0.492. The van der Waals surface area contributed by atoms with Gasteiger partial charge in [-0.3, -0.25) is 10.1 Å². The molecule has 3 aromatic rings. The number of allylic oxidation sites excluding steroid dienone is 1. The molecule has 0 radical (unpaired) electrons. The smallest absolute Gasteiger partial charge is 0.269 e. The number of halogens is 2. The molecule has 2 aromatic carbocycles. The zero-order valence-corrected chi connectivity index (χ0v) is 14.7. The second-order valence-corrected chi connectivity index (χ2v) is 6.14. The van der Waals surface area contributed by atoms with Crippen LogP contribution in [0, 0.1) is 21.4 Å². The van der Waals surface area contributed by atoms with E-state index in [0.717, 1.165) is 0 Å². The lowest BCUT2D eigenvalue weighted by Crippen LogP contribution is -1.88. The maximum atomic E-state index is 10.7. The summed E-state index contributed by atoms with van der Waals surface area (Å²) >= 11 is 12.1. The molecule has 5 nitrogen and oxygen atoms in total. The number of benzene rings is 2. The number of non-ortho nitro benzene ring substituents is 1. The van der Waals surface area contributed by atoms with Crippen LogP contribution in [-0.4, -0.2) is 4.92 Å². The molecule has 0 bridgehead atoms. The van der Waals surface area contributed by atoms with Gasteiger partial charge in [-0.15, -0.1) is 0 Å². The van der Waals surface area contributed by atoms with Gasteiger partial charge in [-0.05, 0) is 54.1 Å². The first-order valence-corrected chi connectivity index (χ1v) is 8.15. The van der Waals surface area contributed by atoms with Gasteiger partial charge in [-0.1, -0.05) is 23.2 Å². The van der Waals surface area contributed by atoms with Crippen LogP contribution in [0.15, 0.2) is 59.0 Å². The van der Waals surface area contributed by atoms with Crippen molar-refractivity contribution in [3.63, 3.8) is 0 Å². The lowest BCUT2D eigenvalue weighted by atomic mass is 10.1. The Hall–Kier alpha value is -3.07. The Bertz CT molecular complexity index is 1050. The third-order valence-electron chi connectivity index (χ3n) is 3.62. The molecule has 0 fully saturated rings. The second-order valence-electron chi connectivity index (χ2n) is 5.30. The summed E-state index contributed by atoms with van der Waals surface area (Å²) in [5.41, 5.74) is 1.52. The maximum Gasteiger partial charge on any atom is 0.269 e. The Morgan fingerprint density at radius 2 is 1.85 bits per heavy atom. The van der Waals surface area contributed by atoms with E-state index in [1.165, 1.54) is 24.3 Å². The minimum Gasteiger partial charge on any atom is -0.457 e. The van der Waals surface area contributed by atoms with Gasteiger partial charge in [0.15, 0.2) is 0 Å². The van der Waals surface area contributed by atoms with E-state index < -0.39 is 4.92 Å². The Kier molecular flexibility index (Phi) is 5.08. The van der Waals surface area contributed by atoms with E-state index in [1.807, 2.05) is 0 Å². The number of hydrogen-bond acceptors (Lipinski definition) is 4. The molecule has 0 aliphatic rings. The summed E-state index contributed by atoms with van der Waals surface area (Å²) < 4.78 is 5.74. The molecular weight excluding hydrogens is 375 g/mol. The molecule has 0 N–H and O–H groups in total. The number of nitriles is 1. The summed E-state index contributed by atoms with van der Waals surface area (Å²) in [6, 6.07) is 16.3. The van der Waals surface area contributed by atoms with Gasteiger partial charge < -0.3 is 4.42 Å². The number of nitro benzene ring substituents is 1. The first-order chi connectivity index (χ1) is 12.5. The van der Waals surface area contributed by atoms with Gasteiger partial charge >= 0.3 is 0 Å². The van der Waals surface area contributed by atoms with Crippen LogP contribution in [0.25, 0.3) is 23.0 Å². The van der Waals surface area contributed by atoms with E-state index in [-0.39, 0.29) is 5.69 Å². The van der Waals surface area contributed by atoms with Crippen LogP contribution in [-0.2, 0) is 0 Å². The van der Waals surface area contributed by atoms with Crippen LogP contribution in [0.4, 0.5) is 5.69 Å². The molecule has 128 valence electrons. The standard InChI is InChI=1S/C19H10Cl2N2O3/c20-14-3-7-17(18(21)10-14)19-8-6-16(26-19)9-13(11-22)12-1-4-15(5-2-12)23(24)25/h1-10H/b13-9+. The van der Waals surface area contributed by atoms with Gasteiger partial charge in [0, 0.05) is 22.7 Å². The van der Waals surface area contributed by atoms with Crippen LogP contribution in [0.5, 0.6) is 0 Å². The Balaban J connectivity index is 1.92. The number of hydrogen-bond donors (Lipinski definition) is 0. The van der Waals surface area contributed by atoms with E-state index in [4.69, 9.17) is 27.6 Å². The zero-order chi connectivity index (χ0) is 18.7.